The summed E-state index contributed by atoms with van der Waals surface area (Å²) in [5.74, 6) is -0.0938. The number of rotatable bonds is 4. The van der Waals surface area contributed by atoms with E-state index in [-0.39, 0.29) is 11.9 Å². The topological polar surface area (TPSA) is 54.9 Å². The van der Waals surface area contributed by atoms with Crippen LogP contribution in [-0.4, -0.2) is 21.9 Å². The number of nitrogens with zero attached hydrogens (tertiary/aromatic N) is 2. The monoisotopic (exact) mass is 379 g/mol. The Morgan fingerprint density at radius 3 is 2.08 bits per heavy atom. The number of hydrogen-bond donors (Lipinski definition) is 1. The van der Waals surface area contributed by atoms with Crippen LogP contribution >= 0.6 is 22.7 Å². The van der Waals surface area contributed by atoms with E-state index in [2.05, 4.69) is 11.4 Å². The van der Waals surface area contributed by atoms with Gasteiger partial charge in [0.1, 0.15) is 11.4 Å². The van der Waals surface area contributed by atoms with Crippen molar-refractivity contribution in [2.45, 2.75) is 19.9 Å². The first kappa shape index (κ1) is 16.9. The Morgan fingerprint density at radius 2 is 1.54 bits per heavy atom. The van der Waals surface area contributed by atoms with Gasteiger partial charge in [-0.1, -0.05) is 12.1 Å². The average molecular weight is 380 g/mol. The van der Waals surface area contributed by atoms with Crippen LogP contribution in [0.15, 0.2) is 53.2 Å². The Kier molecular flexibility index (Phi) is 4.53. The number of amides is 1. The lowest BCUT2D eigenvalue weighted by Gasteiger charge is -2.10. The van der Waals surface area contributed by atoms with Crippen molar-refractivity contribution in [3.05, 3.63) is 58.8 Å². The molecule has 0 aliphatic carbocycles. The number of nitrogens with one attached hydrogen (secondary N) is 1. The summed E-state index contributed by atoms with van der Waals surface area (Å²) in [6, 6.07) is 13.7. The fourth-order valence-electron chi connectivity index (χ4n) is 2.71. The van der Waals surface area contributed by atoms with Gasteiger partial charge >= 0.3 is 0 Å². The summed E-state index contributed by atoms with van der Waals surface area (Å²) in [5, 5.41) is 6.99. The fourth-order valence-corrected chi connectivity index (χ4v) is 4.14. The molecule has 4 nitrogen and oxygen atoms in total. The molecular weight excluding hydrogens is 362 g/mol. The van der Waals surface area contributed by atoms with Gasteiger partial charge in [-0.05, 0) is 54.9 Å². The molecule has 3 aromatic heterocycles. The molecule has 0 saturated heterocycles. The smallest absolute Gasteiger partial charge is 0.251 e. The lowest BCUT2D eigenvalue weighted by molar-refractivity contribution is 0.0943. The highest BCUT2D eigenvalue weighted by atomic mass is 32.1. The zero-order valence-corrected chi connectivity index (χ0v) is 16.0. The van der Waals surface area contributed by atoms with Crippen LogP contribution in [0.3, 0.4) is 0 Å². The molecule has 1 aromatic carbocycles. The summed E-state index contributed by atoms with van der Waals surface area (Å²) >= 11 is 3.29. The molecule has 6 heteroatoms. The number of carbonyl (C=O) groups is 1. The first-order valence-electron chi connectivity index (χ1n) is 8.32. The average Bonchev–Trinajstić information content (AvgIpc) is 3.33. The predicted molar refractivity (Wildman–Crippen MR) is 109 cm³/mol. The highest BCUT2D eigenvalue weighted by Crippen LogP contribution is 2.35. The zero-order chi connectivity index (χ0) is 18.1. The largest absolute Gasteiger partial charge is 0.350 e. The standard InChI is InChI=1S/C20H17N3OS2/c1-12(2)21-20(24)13-7-8-14-15(11-13)23-19(17-6-4-10-26-17)18(22-14)16-5-3-9-25-16/h3-12H,1-2H3,(H,21,24). The summed E-state index contributed by atoms with van der Waals surface area (Å²) in [7, 11) is 0. The van der Waals surface area contributed by atoms with E-state index in [1.807, 2.05) is 54.9 Å². The molecule has 26 heavy (non-hydrogen) atoms. The minimum atomic E-state index is -0.0938. The van der Waals surface area contributed by atoms with E-state index in [4.69, 9.17) is 9.97 Å². The highest BCUT2D eigenvalue weighted by molar-refractivity contribution is 7.14. The third-order valence-corrected chi connectivity index (χ3v) is 5.61. The van der Waals surface area contributed by atoms with E-state index in [9.17, 15) is 4.79 Å². The van der Waals surface area contributed by atoms with Crippen molar-refractivity contribution in [3.63, 3.8) is 0 Å². The Bertz CT molecular complexity index is 1050. The molecule has 0 atom stereocenters. The maximum atomic E-state index is 12.3. The number of thiophene rings is 2. The Labute approximate surface area is 159 Å². The van der Waals surface area contributed by atoms with Crippen LogP contribution in [0.4, 0.5) is 0 Å². The van der Waals surface area contributed by atoms with E-state index in [0.717, 1.165) is 32.2 Å². The molecular formula is C20H17N3OS2. The van der Waals surface area contributed by atoms with Crippen LogP contribution in [0.2, 0.25) is 0 Å². The maximum absolute atomic E-state index is 12.3. The maximum Gasteiger partial charge on any atom is 0.251 e. The minimum absolute atomic E-state index is 0.0900. The highest BCUT2D eigenvalue weighted by Gasteiger charge is 2.16. The van der Waals surface area contributed by atoms with Crippen molar-refractivity contribution in [1.82, 2.24) is 15.3 Å². The molecule has 0 spiro atoms. The first-order chi connectivity index (χ1) is 12.6. The third kappa shape index (κ3) is 3.25. The molecule has 130 valence electrons. The second kappa shape index (κ2) is 6.97. The molecule has 0 bridgehead atoms. The molecule has 0 aliphatic rings. The molecule has 1 amide bonds. The van der Waals surface area contributed by atoms with E-state index < -0.39 is 0 Å². The lowest BCUT2D eigenvalue weighted by atomic mass is 10.1. The second-order valence-electron chi connectivity index (χ2n) is 6.21. The van der Waals surface area contributed by atoms with Crippen LogP contribution in [0.25, 0.3) is 32.2 Å². The number of fused-ring (bicyclic) bond motifs is 1. The first-order valence-corrected chi connectivity index (χ1v) is 10.1. The molecule has 1 N–H and O–H groups in total. The van der Waals surface area contributed by atoms with Crippen LogP contribution in [0.5, 0.6) is 0 Å². The third-order valence-electron chi connectivity index (χ3n) is 3.86. The van der Waals surface area contributed by atoms with Crippen molar-refractivity contribution < 1.29 is 4.79 Å². The van der Waals surface area contributed by atoms with Crippen molar-refractivity contribution in [2.24, 2.45) is 0 Å². The summed E-state index contributed by atoms with van der Waals surface area (Å²) in [4.78, 5) is 24.2. The van der Waals surface area contributed by atoms with Gasteiger partial charge in [0.15, 0.2) is 0 Å². The normalized spacial score (nSPS) is 11.2. The van der Waals surface area contributed by atoms with Gasteiger partial charge in [0.2, 0.25) is 0 Å². The molecule has 0 saturated carbocycles. The molecule has 0 fully saturated rings. The quantitative estimate of drug-likeness (QED) is 0.528. The van der Waals surface area contributed by atoms with Gasteiger partial charge in [0, 0.05) is 11.6 Å². The lowest BCUT2D eigenvalue weighted by Crippen LogP contribution is -2.30. The van der Waals surface area contributed by atoms with Gasteiger partial charge < -0.3 is 5.32 Å². The van der Waals surface area contributed by atoms with Crippen molar-refractivity contribution in [3.8, 4) is 21.1 Å². The SMILES string of the molecule is CC(C)NC(=O)c1ccc2nc(-c3cccs3)c(-c3cccs3)nc2c1. The van der Waals surface area contributed by atoms with Gasteiger partial charge in [-0.25, -0.2) is 9.97 Å². The second-order valence-corrected chi connectivity index (χ2v) is 8.10. The minimum Gasteiger partial charge on any atom is -0.350 e. The summed E-state index contributed by atoms with van der Waals surface area (Å²) in [5.41, 5.74) is 3.85. The summed E-state index contributed by atoms with van der Waals surface area (Å²) in [6.45, 7) is 3.89. The number of aromatic nitrogens is 2. The van der Waals surface area contributed by atoms with E-state index in [0.29, 0.717) is 5.56 Å². The number of benzene rings is 1. The molecule has 0 unspecified atom stereocenters. The van der Waals surface area contributed by atoms with E-state index in [1.165, 1.54) is 0 Å². The van der Waals surface area contributed by atoms with E-state index in [1.54, 1.807) is 28.7 Å². The van der Waals surface area contributed by atoms with Gasteiger partial charge in [-0.2, -0.15) is 0 Å². The number of hydrogen-bond acceptors (Lipinski definition) is 5. The van der Waals surface area contributed by atoms with Crippen LogP contribution < -0.4 is 5.32 Å². The zero-order valence-electron chi connectivity index (χ0n) is 14.4. The van der Waals surface area contributed by atoms with Crippen LogP contribution in [-0.2, 0) is 0 Å². The van der Waals surface area contributed by atoms with Gasteiger partial charge in [-0.3, -0.25) is 4.79 Å². The van der Waals surface area contributed by atoms with Crippen LogP contribution in [0.1, 0.15) is 24.2 Å². The van der Waals surface area contributed by atoms with Crippen molar-refractivity contribution in [2.75, 3.05) is 0 Å². The number of carbonyl (C=O) groups excluding carboxylic acids is 1. The van der Waals surface area contributed by atoms with Gasteiger partial charge in [-0.15, -0.1) is 22.7 Å². The molecule has 0 aliphatic heterocycles. The molecule has 0 radical (unpaired) electrons. The molecule has 3 heterocycles. The summed E-state index contributed by atoms with van der Waals surface area (Å²) in [6.07, 6.45) is 0. The Hall–Kier alpha value is -2.57. The van der Waals surface area contributed by atoms with Gasteiger partial charge in [0.25, 0.3) is 5.91 Å². The Morgan fingerprint density at radius 1 is 0.923 bits per heavy atom. The van der Waals surface area contributed by atoms with Crippen molar-refractivity contribution >= 4 is 39.6 Å². The van der Waals surface area contributed by atoms with E-state index >= 15 is 0 Å². The van der Waals surface area contributed by atoms with Gasteiger partial charge in [0.05, 0.1) is 20.8 Å². The Balaban J connectivity index is 1.88. The summed E-state index contributed by atoms with van der Waals surface area (Å²) < 4.78 is 0. The molecule has 4 rings (SSSR count). The predicted octanol–water partition coefficient (Wildman–Crippen LogP) is 5.23. The fraction of sp³-hybridized carbons (Fsp3) is 0.150. The van der Waals surface area contributed by atoms with Crippen LogP contribution in [0, 0.1) is 0 Å². The van der Waals surface area contributed by atoms with Crippen molar-refractivity contribution in [1.29, 1.82) is 0 Å². The molecule has 4 aromatic rings.